The van der Waals surface area contributed by atoms with Gasteiger partial charge in [0.05, 0.1) is 6.10 Å². The second-order valence-corrected chi connectivity index (χ2v) is 3.88. The fourth-order valence-electron chi connectivity index (χ4n) is 1.41. The van der Waals surface area contributed by atoms with Crippen LogP contribution in [-0.2, 0) is 0 Å². The molecule has 18 heavy (non-hydrogen) atoms. The molecule has 0 aliphatic heterocycles. The van der Waals surface area contributed by atoms with Gasteiger partial charge in [-0.2, -0.15) is 0 Å². The Morgan fingerprint density at radius 1 is 1.44 bits per heavy atom. The van der Waals surface area contributed by atoms with E-state index in [0.717, 1.165) is 5.56 Å². The van der Waals surface area contributed by atoms with Crippen LogP contribution in [0.15, 0.2) is 35.1 Å². The molecule has 1 amide bonds. The fourth-order valence-corrected chi connectivity index (χ4v) is 1.41. The number of rotatable bonds is 4. The Kier molecular flexibility index (Phi) is 3.69. The number of hydrogen-bond donors (Lipinski definition) is 2. The topological polar surface area (TPSA) is 88.2 Å². The minimum atomic E-state index is -0.563. The second-order valence-electron chi connectivity index (χ2n) is 3.88. The van der Waals surface area contributed by atoms with Gasteiger partial charge in [0.15, 0.2) is 0 Å². The molecule has 0 radical (unpaired) electrons. The lowest BCUT2D eigenvalue weighted by Gasteiger charge is -2.07. The molecule has 1 atom stereocenters. The van der Waals surface area contributed by atoms with Gasteiger partial charge in [0.25, 0.3) is 5.91 Å². The molecular weight excluding hydrogens is 234 g/mol. The molecule has 1 aromatic carbocycles. The van der Waals surface area contributed by atoms with Crippen LogP contribution in [0.1, 0.15) is 17.3 Å². The van der Waals surface area contributed by atoms with E-state index in [1.165, 1.54) is 6.39 Å². The first-order valence-electron chi connectivity index (χ1n) is 5.49. The van der Waals surface area contributed by atoms with Crippen molar-refractivity contribution in [3.05, 3.63) is 36.2 Å². The number of aliphatic hydroxyl groups is 1. The van der Waals surface area contributed by atoms with Gasteiger partial charge < -0.3 is 14.8 Å². The Bertz CT molecular complexity index is 506. The Labute approximate surface area is 104 Å². The van der Waals surface area contributed by atoms with Gasteiger partial charge in [-0.15, -0.1) is 10.2 Å². The maximum Gasteiger partial charge on any atom is 0.251 e. The number of nitrogens with zero attached hydrogens (tertiary/aromatic N) is 2. The molecule has 0 aliphatic carbocycles. The monoisotopic (exact) mass is 247 g/mol. The third-order valence-corrected chi connectivity index (χ3v) is 2.31. The lowest BCUT2D eigenvalue weighted by molar-refractivity contribution is 0.0924. The van der Waals surface area contributed by atoms with Crippen molar-refractivity contribution in [2.75, 3.05) is 6.54 Å². The largest absolute Gasteiger partial charge is 0.423 e. The summed E-state index contributed by atoms with van der Waals surface area (Å²) >= 11 is 0. The molecule has 0 saturated carbocycles. The first-order valence-corrected chi connectivity index (χ1v) is 5.49. The van der Waals surface area contributed by atoms with E-state index in [9.17, 15) is 4.79 Å². The second kappa shape index (κ2) is 5.42. The van der Waals surface area contributed by atoms with E-state index in [1.54, 1.807) is 31.2 Å². The highest BCUT2D eigenvalue weighted by Crippen LogP contribution is 2.16. The number of aliphatic hydroxyl groups excluding tert-OH is 1. The minimum absolute atomic E-state index is 0.226. The van der Waals surface area contributed by atoms with Crippen molar-refractivity contribution >= 4 is 5.91 Å². The van der Waals surface area contributed by atoms with Crippen molar-refractivity contribution in [2.45, 2.75) is 13.0 Å². The Hall–Kier alpha value is -2.21. The van der Waals surface area contributed by atoms with E-state index in [4.69, 9.17) is 9.52 Å². The molecular formula is C12H13N3O3. The standard InChI is InChI=1S/C12H13N3O3/c1-8(16)6-13-11(17)9-2-4-10(5-3-9)12-15-14-7-18-12/h2-5,7-8,16H,6H2,1H3,(H,13,17)/t8-/m0/s1. The lowest BCUT2D eigenvalue weighted by Crippen LogP contribution is -2.30. The van der Waals surface area contributed by atoms with Crippen LogP contribution < -0.4 is 5.32 Å². The van der Waals surface area contributed by atoms with Crippen molar-refractivity contribution in [3.8, 4) is 11.5 Å². The summed E-state index contributed by atoms with van der Waals surface area (Å²) in [7, 11) is 0. The van der Waals surface area contributed by atoms with Crippen LogP contribution >= 0.6 is 0 Å². The van der Waals surface area contributed by atoms with Gasteiger partial charge in [-0.25, -0.2) is 0 Å². The van der Waals surface area contributed by atoms with Gasteiger partial charge in [0.1, 0.15) is 0 Å². The predicted molar refractivity (Wildman–Crippen MR) is 63.7 cm³/mol. The molecule has 6 nitrogen and oxygen atoms in total. The highest BCUT2D eigenvalue weighted by molar-refractivity contribution is 5.94. The average molecular weight is 247 g/mol. The first-order chi connectivity index (χ1) is 8.66. The molecule has 0 unspecified atom stereocenters. The van der Waals surface area contributed by atoms with Gasteiger partial charge in [-0.05, 0) is 31.2 Å². The number of carbonyl (C=O) groups excluding carboxylic acids is 1. The highest BCUT2D eigenvalue weighted by atomic mass is 16.4. The van der Waals surface area contributed by atoms with Gasteiger partial charge in [0.2, 0.25) is 12.3 Å². The van der Waals surface area contributed by atoms with Gasteiger partial charge in [-0.1, -0.05) is 0 Å². The van der Waals surface area contributed by atoms with Crippen molar-refractivity contribution in [1.82, 2.24) is 15.5 Å². The van der Waals surface area contributed by atoms with Crippen LogP contribution in [0.3, 0.4) is 0 Å². The molecule has 0 saturated heterocycles. The molecule has 0 spiro atoms. The van der Waals surface area contributed by atoms with Crippen molar-refractivity contribution < 1.29 is 14.3 Å². The summed E-state index contributed by atoms with van der Waals surface area (Å²) in [6.45, 7) is 1.84. The fraction of sp³-hybridized carbons (Fsp3) is 0.250. The summed E-state index contributed by atoms with van der Waals surface area (Å²) in [6.07, 6.45) is 0.685. The highest BCUT2D eigenvalue weighted by Gasteiger charge is 2.08. The molecule has 1 aromatic heterocycles. The van der Waals surface area contributed by atoms with Crippen LogP contribution in [0.4, 0.5) is 0 Å². The molecule has 2 aromatic rings. The third kappa shape index (κ3) is 2.92. The molecule has 2 rings (SSSR count). The van der Waals surface area contributed by atoms with Crippen LogP contribution in [0, 0.1) is 0 Å². The Morgan fingerprint density at radius 2 is 2.17 bits per heavy atom. The van der Waals surface area contributed by atoms with Gasteiger partial charge in [-0.3, -0.25) is 4.79 Å². The SMILES string of the molecule is C[C@H](O)CNC(=O)c1ccc(-c2nnco2)cc1. The predicted octanol–water partition coefficient (Wildman–Crippen LogP) is 0.847. The van der Waals surface area contributed by atoms with Crippen LogP contribution in [0.2, 0.25) is 0 Å². The van der Waals surface area contributed by atoms with Crippen LogP contribution in [0.5, 0.6) is 0 Å². The Morgan fingerprint density at radius 3 is 2.72 bits per heavy atom. The summed E-state index contributed by atoms with van der Waals surface area (Å²) in [6, 6.07) is 6.78. The van der Waals surface area contributed by atoms with E-state index in [1.807, 2.05) is 0 Å². The summed E-state index contributed by atoms with van der Waals surface area (Å²) in [5.41, 5.74) is 1.26. The van der Waals surface area contributed by atoms with E-state index >= 15 is 0 Å². The van der Waals surface area contributed by atoms with Gasteiger partial charge in [0, 0.05) is 17.7 Å². The number of nitrogens with one attached hydrogen (secondary N) is 1. The zero-order chi connectivity index (χ0) is 13.0. The van der Waals surface area contributed by atoms with Crippen LogP contribution in [0.25, 0.3) is 11.5 Å². The third-order valence-electron chi connectivity index (χ3n) is 2.31. The number of hydrogen-bond acceptors (Lipinski definition) is 5. The minimum Gasteiger partial charge on any atom is -0.423 e. The van der Waals surface area contributed by atoms with E-state index in [0.29, 0.717) is 11.5 Å². The van der Waals surface area contributed by atoms with Crippen molar-refractivity contribution in [1.29, 1.82) is 0 Å². The maximum atomic E-state index is 11.7. The molecule has 0 fully saturated rings. The molecule has 2 N–H and O–H groups in total. The maximum absolute atomic E-state index is 11.7. The van der Waals surface area contributed by atoms with Gasteiger partial charge >= 0.3 is 0 Å². The lowest BCUT2D eigenvalue weighted by atomic mass is 10.1. The molecule has 6 heteroatoms. The average Bonchev–Trinajstić information content (AvgIpc) is 2.90. The molecule has 0 bridgehead atoms. The summed E-state index contributed by atoms with van der Waals surface area (Å²) in [5, 5.41) is 19.0. The quantitative estimate of drug-likeness (QED) is 0.836. The van der Waals surface area contributed by atoms with E-state index in [-0.39, 0.29) is 12.5 Å². The summed E-state index contributed by atoms with van der Waals surface area (Å²) in [4.78, 5) is 11.7. The zero-order valence-electron chi connectivity index (χ0n) is 9.83. The molecule has 0 aliphatic rings. The number of carbonyl (C=O) groups is 1. The first kappa shape index (κ1) is 12.3. The molecule has 1 heterocycles. The number of aromatic nitrogens is 2. The van der Waals surface area contributed by atoms with E-state index in [2.05, 4.69) is 15.5 Å². The smallest absolute Gasteiger partial charge is 0.251 e. The number of amides is 1. The van der Waals surface area contributed by atoms with Crippen LogP contribution in [-0.4, -0.2) is 33.9 Å². The van der Waals surface area contributed by atoms with Crippen molar-refractivity contribution in [3.63, 3.8) is 0 Å². The Balaban J connectivity index is 2.06. The van der Waals surface area contributed by atoms with E-state index < -0.39 is 6.10 Å². The number of benzene rings is 1. The summed E-state index contributed by atoms with van der Waals surface area (Å²) < 4.78 is 5.04. The zero-order valence-corrected chi connectivity index (χ0v) is 9.83. The summed E-state index contributed by atoms with van der Waals surface area (Å²) in [5.74, 6) is 0.180. The molecule has 94 valence electrons. The van der Waals surface area contributed by atoms with Crippen molar-refractivity contribution in [2.24, 2.45) is 0 Å². The normalized spacial score (nSPS) is 12.1.